The molecule has 1 fully saturated rings. The van der Waals surface area contributed by atoms with Crippen LogP contribution >= 0.6 is 0 Å². The minimum absolute atomic E-state index is 0.0797. The average molecular weight is 222 g/mol. The van der Waals surface area contributed by atoms with Gasteiger partial charge in [0.2, 0.25) is 0 Å². The van der Waals surface area contributed by atoms with Crippen molar-refractivity contribution >= 4 is 0 Å². The van der Waals surface area contributed by atoms with Crippen LogP contribution in [0, 0.1) is 19.7 Å². The Labute approximate surface area is 96.6 Å². The molecule has 2 rings (SSSR count). The molecule has 2 heteroatoms. The van der Waals surface area contributed by atoms with Gasteiger partial charge in [-0.1, -0.05) is 13.0 Å². The Morgan fingerprint density at radius 1 is 1.31 bits per heavy atom. The molecule has 0 amide bonds. The van der Waals surface area contributed by atoms with Crippen molar-refractivity contribution in [3.63, 3.8) is 0 Å². The summed E-state index contributed by atoms with van der Waals surface area (Å²) in [6, 6.07) is 3.61. The summed E-state index contributed by atoms with van der Waals surface area (Å²) in [6.07, 6.45) is 1.61. The summed E-state index contributed by atoms with van der Waals surface area (Å²) in [6.45, 7) is 8.11. The van der Waals surface area contributed by atoms with Crippen molar-refractivity contribution in [2.45, 2.75) is 52.2 Å². The first-order valence-electron chi connectivity index (χ1n) is 5.91. The lowest BCUT2D eigenvalue weighted by atomic mass is 9.92. The van der Waals surface area contributed by atoms with Gasteiger partial charge in [-0.15, -0.1) is 0 Å². The predicted molar refractivity (Wildman–Crippen MR) is 63.2 cm³/mol. The van der Waals surface area contributed by atoms with Gasteiger partial charge in [-0.3, -0.25) is 0 Å². The molecule has 3 atom stereocenters. The van der Waals surface area contributed by atoms with Crippen LogP contribution in [0.3, 0.4) is 0 Å². The van der Waals surface area contributed by atoms with Gasteiger partial charge < -0.3 is 4.74 Å². The fourth-order valence-electron chi connectivity index (χ4n) is 2.13. The Morgan fingerprint density at radius 2 is 1.88 bits per heavy atom. The van der Waals surface area contributed by atoms with Crippen LogP contribution in [0.1, 0.15) is 42.9 Å². The van der Waals surface area contributed by atoms with E-state index in [0.29, 0.717) is 12.2 Å². The molecule has 88 valence electrons. The number of hydrogen-bond donors (Lipinski definition) is 0. The molecule has 16 heavy (non-hydrogen) atoms. The summed E-state index contributed by atoms with van der Waals surface area (Å²) >= 11 is 0. The topological polar surface area (TPSA) is 12.5 Å². The van der Waals surface area contributed by atoms with Gasteiger partial charge in [0.05, 0.1) is 12.2 Å². The molecule has 0 spiro atoms. The van der Waals surface area contributed by atoms with Gasteiger partial charge >= 0.3 is 0 Å². The number of aryl methyl sites for hydroxylation is 2. The molecule has 0 aliphatic carbocycles. The molecule has 0 saturated carbocycles. The summed E-state index contributed by atoms with van der Waals surface area (Å²) in [5, 5.41) is 0. The van der Waals surface area contributed by atoms with E-state index in [9.17, 15) is 4.39 Å². The van der Waals surface area contributed by atoms with Gasteiger partial charge in [0.1, 0.15) is 5.82 Å². The van der Waals surface area contributed by atoms with Crippen LogP contribution in [0.2, 0.25) is 0 Å². The monoisotopic (exact) mass is 222 g/mol. The second-order valence-electron chi connectivity index (χ2n) is 4.97. The maximum Gasteiger partial charge on any atom is 0.126 e. The van der Waals surface area contributed by atoms with E-state index in [1.54, 1.807) is 6.07 Å². The normalized spacial score (nSPS) is 25.6. The van der Waals surface area contributed by atoms with Crippen molar-refractivity contribution in [3.8, 4) is 0 Å². The van der Waals surface area contributed by atoms with E-state index in [2.05, 4.69) is 13.8 Å². The molecular weight excluding hydrogens is 203 g/mol. The van der Waals surface area contributed by atoms with E-state index in [1.165, 1.54) is 0 Å². The molecule has 1 aromatic carbocycles. The van der Waals surface area contributed by atoms with E-state index >= 15 is 0 Å². The van der Waals surface area contributed by atoms with Crippen LogP contribution < -0.4 is 0 Å². The molecule has 3 unspecified atom stereocenters. The van der Waals surface area contributed by atoms with Crippen LogP contribution in [-0.4, -0.2) is 12.2 Å². The van der Waals surface area contributed by atoms with Crippen molar-refractivity contribution in [2.75, 3.05) is 0 Å². The summed E-state index contributed by atoms with van der Waals surface area (Å²) in [4.78, 5) is 0. The summed E-state index contributed by atoms with van der Waals surface area (Å²) in [5.74, 6) is 0.151. The van der Waals surface area contributed by atoms with E-state index < -0.39 is 0 Å². The first-order valence-corrected chi connectivity index (χ1v) is 5.91. The molecule has 1 aromatic rings. The zero-order valence-corrected chi connectivity index (χ0v) is 10.4. The number of rotatable bonds is 3. The third-order valence-corrected chi connectivity index (χ3v) is 3.57. The van der Waals surface area contributed by atoms with E-state index in [0.717, 1.165) is 23.1 Å². The Hall–Kier alpha value is -0.890. The number of halogens is 1. The van der Waals surface area contributed by atoms with Crippen molar-refractivity contribution in [1.82, 2.24) is 0 Å². The number of ether oxygens (including phenoxy) is 1. The summed E-state index contributed by atoms with van der Waals surface area (Å²) < 4.78 is 19.2. The van der Waals surface area contributed by atoms with E-state index in [-0.39, 0.29) is 11.7 Å². The average Bonchev–Trinajstić information content (AvgIpc) is 2.87. The molecule has 1 heterocycles. The molecule has 0 bridgehead atoms. The third-order valence-electron chi connectivity index (χ3n) is 3.57. The Kier molecular flexibility index (Phi) is 3.02. The van der Waals surface area contributed by atoms with Crippen LogP contribution in [0.15, 0.2) is 12.1 Å². The second-order valence-corrected chi connectivity index (χ2v) is 4.97. The minimum Gasteiger partial charge on any atom is -0.370 e. The van der Waals surface area contributed by atoms with Gasteiger partial charge in [-0.2, -0.15) is 0 Å². The molecule has 0 N–H and O–H groups in total. The Balaban J connectivity index is 2.15. The molecule has 1 aliphatic heterocycles. The highest BCUT2D eigenvalue weighted by molar-refractivity contribution is 5.33. The maximum atomic E-state index is 13.8. The number of hydrogen-bond acceptors (Lipinski definition) is 1. The first kappa shape index (κ1) is 11.6. The highest BCUT2D eigenvalue weighted by atomic mass is 19.1. The molecule has 1 nitrogen and oxygen atoms in total. The Bertz CT molecular complexity index is 400. The highest BCUT2D eigenvalue weighted by Gasteiger charge is 2.35. The zero-order chi connectivity index (χ0) is 11.9. The minimum atomic E-state index is -0.0797. The van der Waals surface area contributed by atoms with Crippen LogP contribution in [0.25, 0.3) is 0 Å². The van der Waals surface area contributed by atoms with Crippen molar-refractivity contribution < 1.29 is 9.13 Å². The zero-order valence-electron chi connectivity index (χ0n) is 10.4. The number of epoxide rings is 1. The summed E-state index contributed by atoms with van der Waals surface area (Å²) in [7, 11) is 0. The van der Waals surface area contributed by atoms with Gasteiger partial charge in [0, 0.05) is 0 Å². The molecule has 0 radical (unpaired) electrons. The summed E-state index contributed by atoms with van der Waals surface area (Å²) in [5.41, 5.74) is 3.00. The third kappa shape index (κ3) is 2.27. The fourth-order valence-corrected chi connectivity index (χ4v) is 2.13. The molecular formula is C14H19FO. The number of benzene rings is 1. The van der Waals surface area contributed by atoms with Crippen LogP contribution in [0.4, 0.5) is 4.39 Å². The second kappa shape index (κ2) is 4.17. The lowest BCUT2D eigenvalue weighted by Gasteiger charge is -2.13. The van der Waals surface area contributed by atoms with E-state index in [1.807, 2.05) is 19.9 Å². The van der Waals surface area contributed by atoms with Gasteiger partial charge in [0.25, 0.3) is 0 Å². The lowest BCUT2D eigenvalue weighted by Crippen LogP contribution is -2.03. The SMILES string of the molecule is Cc1cc(F)c(C(C)CC2OC2C)cc1C. The van der Waals surface area contributed by atoms with Crippen LogP contribution in [0.5, 0.6) is 0 Å². The molecule has 1 aliphatic rings. The fraction of sp³-hybridized carbons (Fsp3) is 0.571. The predicted octanol–water partition coefficient (Wildman–Crippen LogP) is 3.72. The highest BCUT2D eigenvalue weighted by Crippen LogP contribution is 2.33. The van der Waals surface area contributed by atoms with Crippen molar-refractivity contribution in [1.29, 1.82) is 0 Å². The first-order chi connectivity index (χ1) is 7.49. The maximum absolute atomic E-state index is 13.8. The van der Waals surface area contributed by atoms with Crippen LogP contribution in [-0.2, 0) is 4.74 Å². The quantitative estimate of drug-likeness (QED) is 0.710. The van der Waals surface area contributed by atoms with Gasteiger partial charge in [-0.25, -0.2) is 4.39 Å². The molecule has 1 saturated heterocycles. The largest absolute Gasteiger partial charge is 0.370 e. The molecule has 0 aromatic heterocycles. The van der Waals surface area contributed by atoms with Gasteiger partial charge in [0.15, 0.2) is 0 Å². The van der Waals surface area contributed by atoms with Crippen molar-refractivity contribution in [3.05, 3.63) is 34.6 Å². The lowest BCUT2D eigenvalue weighted by molar-refractivity contribution is 0.361. The van der Waals surface area contributed by atoms with Crippen molar-refractivity contribution in [2.24, 2.45) is 0 Å². The standard InChI is InChI=1S/C14H19FO/c1-8-5-12(13(15)6-9(8)2)10(3)7-14-11(4)16-14/h5-6,10-11,14H,7H2,1-4H3. The Morgan fingerprint density at radius 3 is 2.44 bits per heavy atom. The van der Waals surface area contributed by atoms with Gasteiger partial charge in [-0.05, 0) is 55.9 Å². The smallest absolute Gasteiger partial charge is 0.126 e. The van der Waals surface area contributed by atoms with E-state index in [4.69, 9.17) is 4.74 Å².